The molecular weight excluding hydrogens is 252 g/mol. The van der Waals surface area contributed by atoms with Crippen LogP contribution in [0.5, 0.6) is 0 Å². The third kappa shape index (κ3) is 4.84. The highest BCUT2D eigenvalue weighted by atomic mass is 32.2. The lowest BCUT2D eigenvalue weighted by Crippen LogP contribution is -2.44. The van der Waals surface area contributed by atoms with Gasteiger partial charge in [-0.1, -0.05) is 13.8 Å². The van der Waals surface area contributed by atoms with Crippen LogP contribution < -0.4 is 10.0 Å². The fourth-order valence-corrected chi connectivity index (χ4v) is 3.35. The summed E-state index contributed by atoms with van der Waals surface area (Å²) >= 11 is 0. The lowest BCUT2D eigenvalue weighted by atomic mass is 10.3. The van der Waals surface area contributed by atoms with Crippen molar-refractivity contribution in [2.24, 2.45) is 0 Å². The first-order valence-corrected chi connectivity index (χ1v) is 8.17. The Morgan fingerprint density at radius 3 is 2.44 bits per heavy atom. The molecule has 0 aromatic heterocycles. The second-order valence-corrected chi connectivity index (χ2v) is 7.53. The number of sulfonamides is 1. The van der Waals surface area contributed by atoms with E-state index in [4.69, 9.17) is 4.74 Å². The lowest BCUT2D eigenvalue weighted by molar-refractivity contribution is 0.107. The van der Waals surface area contributed by atoms with E-state index in [1.54, 1.807) is 14.0 Å². The molecule has 0 amide bonds. The van der Waals surface area contributed by atoms with Gasteiger partial charge in [-0.15, -0.1) is 0 Å². The van der Waals surface area contributed by atoms with Gasteiger partial charge in [0.2, 0.25) is 10.0 Å². The molecule has 1 aliphatic carbocycles. The summed E-state index contributed by atoms with van der Waals surface area (Å²) in [7, 11) is -1.56. The van der Waals surface area contributed by atoms with Gasteiger partial charge in [-0.05, 0) is 26.2 Å². The smallest absolute Gasteiger partial charge is 0.215 e. The van der Waals surface area contributed by atoms with Crippen LogP contribution in [0.15, 0.2) is 0 Å². The molecule has 1 aliphatic rings. The van der Waals surface area contributed by atoms with Gasteiger partial charge in [0.05, 0.1) is 11.4 Å². The zero-order valence-corrected chi connectivity index (χ0v) is 12.6. The number of hydrogen-bond donors (Lipinski definition) is 2. The Hall–Kier alpha value is -0.170. The largest absolute Gasteiger partial charge is 0.381 e. The molecule has 1 fully saturated rings. The number of methoxy groups -OCH3 is 1. The fourth-order valence-electron chi connectivity index (χ4n) is 2.12. The first-order chi connectivity index (χ1) is 8.35. The molecule has 0 heterocycles. The second kappa shape index (κ2) is 6.84. The minimum absolute atomic E-state index is 0.0291. The first-order valence-electron chi connectivity index (χ1n) is 6.62. The van der Waals surface area contributed by atoms with Crippen LogP contribution in [-0.2, 0) is 14.8 Å². The van der Waals surface area contributed by atoms with Crippen molar-refractivity contribution >= 4 is 10.0 Å². The molecule has 1 rings (SSSR count). The predicted molar refractivity (Wildman–Crippen MR) is 73.1 cm³/mol. The van der Waals surface area contributed by atoms with E-state index in [0.717, 1.165) is 19.3 Å². The zero-order valence-electron chi connectivity index (χ0n) is 11.8. The highest BCUT2D eigenvalue weighted by Crippen LogP contribution is 2.22. The monoisotopic (exact) mass is 278 g/mol. The van der Waals surface area contributed by atoms with Crippen LogP contribution in [0.4, 0.5) is 0 Å². The highest BCUT2D eigenvalue weighted by molar-refractivity contribution is 7.90. The molecule has 3 unspecified atom stereocenters. The Morgan fingerprint density at radius 1 is 1.28 bits per heavy atom. The van der Waals surface area contributed by atoms with E-state index < -0.39 is 15.3 Å². The third-order valence-electron chi connectivity index (χ3n) is 3.39. The Kier molecular flexibility index (Phi) is 6.04. The van der Waals surface area contributed by atoms with Crippen molar-refractivity contribution < 1.29 is 13.2 Å². The van der Waals surface area contributed by atoms with E-state index in [1.165, 1.54) is 0 Å². The Bertz CT molecular complexity index is 343. The SMILES string of the molecule is COC1CCC(NS(=O)(=O)C(C)CNC(C)C)C1. The number of ether oxygens (including phenoxy) is 1. The van der Waals surface area contributed by atoms with Gasteiger partial charge < -0.3 is 10.1 Å². The van der Waals surface area contributed by atoms with Crippen molar-refractivity contribution in [2.45, 2.75) is 63.5 Å². The lowest BCUT2D eigenvalue weighted by Gasteiger charge is -2.19. The van der Waals surface area contributed by atoms with Crippen LogP contribution in [0.25, 0.3) is 0 Å². The first kappa shape index (κ1) is 15.9. The summed E-state index contributed by atoms with van der Waals surface area (Å²) in [6.07, 6.45) is 2.77. The van der Waals surface area contributed by atoms with Crippen LogP contribution in [0, 0.1) is 0 Å². The van der Waals surface area contributed by atoms with Gasteiger partial charge in [-0.3, -0.25) is 0 Å². The van der Waals surface area contributed by atoms with Gasteiger partial charge >= 0.3 is 0 Å². The molecule has 0 aliphatic heterocycles. The molecule has 0 saturated heterocycles. The van der Waals surface area contributed by atoms with Gasteiger partial charge in [0.25, 0.3) is 0 Å². The van der Waals surface area contributed by atoms with E-state index in [2.05, 4.69) is 10.0 Å². The van der Waals surface area contributed by atoms with Crippen LogP contribution in [0.3, 0.4) is 0 Å². The Morgan fingerprint density at radius 2 is 1.94 bits per heavy atom. The van der Waals surface area contributed by atoms with E-state index >= 15 is 0 Å². The van der Waals surface area contributed by atoms with E-state index in [0.29, 0.717) is 12.6 Å². The Balaban J connectivity index is 2.44. The van der Waals surface area contributed by atoms with Crippen molar-refractivity contribution in [3.05, 3.63) is 0 Å². The van der Waals surface area contributed by atoms with Gasteiger partial charge in [-0.25, -0.2) is 13.1 Å². The van der Waals surface area contributed by atoms with E-state index in [-0.39, 0.29) is 12.1 Å². The van der Waals surface area contributed by atoms with Crippen molar-refractivity contribution in [3.63, 3.8) is 0 Å². The Labute approximate surface area is 111 Å². The van der Waals surface area contributed by atoms with Gasteiger partial charge in [-0.2, -0.15) is 0 Å². The highest BCUT2D eigenvalue weighted by Gasteiger charge is 2.30. The van der Waals surface area contributed by atoms with Crippen molar-refractivity contribution in [2.75, 3.05) is 13.7 Å². The van der Waals surface area contributed by atoms with Crippen LogP contribution in [0.2, 0.25) is 0 Å². The molecule has 0 aromatic carbocycles. The molecule has 2 N–H and O–H groups in total. The number of nitrogens with one attached hydrogen (secondary N) is 2. The summed E-state index contributed by atoms with van der Waals surface area (Å²) in [5, 5.41) is 2.74. The van der Waals surface area contributed by atoms with Crippen LogP contribution in [0.1, 0.15) is 40.0 Å². The maximum Gasteiger partial charge on any atom is 0.215 e. The minimum Gasteiger partial charge on any atom is -0.381 e. The predicted octanol–water partition coefficient (Wildman–Crippen LogP) is 0.860. The summed E-state index contributed by atoms with van der Waals surface area (Å²) in [6.45, 7) is 6.23. The molecule has 108 valence electrons. The van der Waals surface area contributed by atoms with Gasteiger partial charge in [0.1, 0.15) is 0 Å². The maximum absolute atomic E-state index is 12.1. The maximum atomic E-state index is 12.1. The molecule has 3 atom stereocenters. The molecule has 0 radical (unpaired) electrons. The summed E-state index contributed by atoms with van der Waals surface area (Å²) in [5.74, 6) is 0. The van der Waals surface area contributed by atoms with Crippen LogP contribution >= 0.6 is 0 Å². The third-order valence-corrected chi connectivity index (χ3v) is 5.28. The quantitative estimate of drug-likeness (QED) is 0.725. The zero-order chi connectivity index (χ0) is 13.8. The number of hydrogen-bond acceptors (Lipinski definition) is 4. The number of rotatable bonds is 7. The molecule has 18 heavy (non-hydrogen) atoms. The van der Waals surface area contributed by atoms with Crippen LogP contribution in [-0.4, -0.2) is 45.5 Å². The molecule has 1 saturated carbocycles. The topological polar surface area (TPSA) is 67.4 Å². The molecule has 0 spiro atoms. The summed E-state index contributed by atoms with van der Waals surface area (Å²) in [4.78, 5) is 0. The van der Waals surface area contributed by atoms with E-state index in [9.17, 15) is 8.42 Å². The summed E-state index contributed by atoms with van der Waals surface area (Å²) < 4.78 is 32.2. The normalized spacial score (nSPS) is 26.7. The molecule has 0 bridgehead atoms. The van der Waals surface area contributed by atoms with Crippen molar-refractivity contribution in [1.82, 2.24) is 10.0 Å². The molecular formula is C12H26N2O3S. The van der Waals surface area contributed by atoms with Gasteiger partial charge in [0, 0.05) is 25.7 Å². The molecule has 0 aromatic rings. The van der Waals surface area contributed by atoms with Gasteiger partial charge in [0.15, 0.2) is 0 Å². The van der Waals surface area contributed by atoms with Crippen molar-refractivity contribution in [3.8, 4) is 0 Å². The minimum atomic E-state index is -3.24. The van der Waals surface area contributed by atoms with Crippen molar-refractivity contribution in [1.29, 1.82) is 0 Å². The molecule has 6 heteroatoms. The fraction of sp³-hybridized carbons (Fsp3) is 1.00. The van der Waals surface area contributed by atoms with E-state index in [1.807, 2.05) is 13.8 Å². The summed E-state index contributed by atoms with van der Waals surface area (Å²) in [5.41, 5.74) is 0. The summed E-state index contributed by atoms with van der Waals surface area (Å²) in [6, 6.07) is 0.327. The average molecular weight is 278 g/mol. The standard InChI is InChI=1S/C12H26N2O3S/c1-9(2)13-8-10(3)18(15,16)14-11-5-6-12(7-11)17-4/h9-14H,5-8H2,1-4H3. The molecule has 5 nitrogen and oxygen atoms in total. The average Bonchev–Trinajstić information content (AvgIpc) is 2.72. The second-order valence-electron chi connectivity index (χ2n) is 5.40.